The normalized spacial score (nSPS) is 31.3. The number of hydrogen-bond donors (Lipinski definition) is 1. The Morgan fingerprint density at radius 3 is 2.39 bits per heavy atom. The Labute approximate surface area is 136 Å². The third-order valence-electron chi connectivity index (χ3n) is 5.51. The average molecular weight is 322 g/mol. The summed E-state index contributed by atoms with van der Waals surface area (Å²) in [5.74, 6) is -0.694. The fraction of sp³-hybridized carbons (Fsp3) is 0.824. The first-order valence-corrected chi connectivity index (χ1v) is 8.77. The molecule has 128 valence electrons. The lowest BCUT2D eigenvalue weighted by atomic mass is 9.86. The van der Waals surface area contributed by atoms with Gasteiger partial charge >= 0.3 is 5.97 Å². The van der Waals surface area contributed by atoms with Gasteiger partial charge in [-0.3, -0.25) is 14.4 Å². The van der Waals surface area contributed by atoms with Crippen molar-refractivity contribution in [3.8, 4) is 0 Å². The predicted molar refractivity (Wildman–Crippen MR) is 83.6 cm³/mol. The van der Waals surface area contributed by atoms with Crippen molar-refractivity contribution in [2.24, 2.45) is 11.8 Å². The van der Waals surface area contributed by atoms with Gasteiger partial charge in [0.05, 0.1) is 5.92 Å². The Morgan fingerprint density at radius 1 is 1.17 bits per heavy atom. The molecule has 1 atom stereocenters. The molecule has 0 aromatic rings. The van der Waals surface area contributed by atoms with Gasteiger partial charge in [-0.15, -0.1) is 0 Å². The first-order valence-electron chi connectivity index (χ1n) is 8.77. The minimum Gasteiger partial charge on any atom is -0.480 e. The van der Waals surface area contributed by atoms with E-state index in [1.54, 1.807) is 0 Å². The molecule has 1 heterocycles. The molecule has 1 N–H and O–H groups in total. The van der Waals surface area contributed by atoms with E-state index >= 15 is 0 Å². The predicted octanol–water partition coefficient (Wildman–Crippen LogP) is 1.49. The summed E-state index contributed by atoms with van der Waals surface area (Å²) < 4.78 is 0. The van der Waals surface area contributed by atoms with Gasteiger partial charge < -0.3 is 14.9 Å². The molecule has 0 radical (unpaired) electrons. The van der Waals surface area contributed by atoms with Crippen LogP contribution in [0.3, 0.4) is 0 Å². The van der Waals surface area contributed by atoms with E-state index < -0.39 is 5.97 Å². The molecule has 23 heavy (non-hydrogen) atoms. The zero-order valence-electron chi connectivity index (χ0n) is 13.7. The number of rotatable bonds is 5. The lowest BCUT2D eigenvalue weighted by molar-refractivity contribution is -0.146. The van der Waals surface area contributed by atoms with Crippen LogP contribution >= 0.6 is 0 Å². The van der Waals surface area contributed by atoms with Crippen LogP contribution in [0, 0.1) is 11.8 Å². The number of carbonyl (C=O) groups is 3. The zero-order chi connectivity index (χ0) is 16.6. The highest BCUT2D eigenvalue weighted by molar-refractivity contribution is 5.91. The van der Waals surface area contributed by atoms with Crippen molar-refractivity contribution in [2.75, 3.05) is 13.1 Å². The van der Waals surface area contributed by atoms with Crippen molar-refractivity contribution in [2.45, 2.75) is 64.0 Å². The van der Waals surface area contributed by atoms with Crippen LogP contribution in [0.2, 0.25) is 0 Å². The van der Waals surface area contributed by atoms with Gasteiger partial charge in [-0.25, -0.2) is 0 Å². The lowest BCUT2D eigenvalue weighted by Crippen LogP contribution is -2.43. The van der Waals surface area contributed by atoms with Crippen molar-refractivity contribution in [1.82, 2.24) is 9.80 Å². The molecule has 6 heteroatoms. The third-order valence-corrected chi connectivity index (χ3v) is 5.51. The highest BCUT2D eigenvalue weighted by atomic mass is 16.4. The van der Waals surface area contributed by atoms with Gasteiger partial charge in [0.25, 0.3) is 0 Å². The van der Waals surface area contributed by atoms with Crippen LogP contribution in [-0.4, -0.2) is 57.9 Å². The molecule has 1 aliphatic heterocycles. The van der Waals surface area contributed by atoms with E-state index in [2.05, 4.69) is 6.92 Å². The molecule has 0 aromatic carbocycles. The van der Waals surface area contributed by atoms with Crippen molar-refractivity contribution in [3.05, 3.63) is 0 Å². The standard InChI is InChI=1S/C17H26N2O4/c1-11-2-4-13(5-3-11)18-9-12(8-15(18)20)17(23)19(10-16(21)22)14-6-7-14/h11-14H,2-10H2,1H3,(H,21,22). The largest absolute Gasteiger partial charge is 0.480 e. The molecular weight excluding hydrogens is 296 g/mol. The molecule has 1 unspecified atom stereocenters. The Morgan fingerprint density at radius 2 is 1.83 bits per heavy atom. The van der Waals surface area contributed by atoms with Gasteiger partial charge in [-0.05, 0) is 44.4 Å². The number of likely N-dealkylation sites (tertiary alicyclic amines) is 1. The summed E-state index contributed by atoms with van der Waals surface area (Å²) in [6.45, 7) is 2.47. The van der Waals surface area contributed by atoms with Crippen LogP contribution in [0.25, 0.3) is 0 Å². The number of nitrogens with zero attached hydrogens (tertiary/aromatic N) is 2. The van der Waals surface area contributed by atoms with Crippen LogP contribution in [0.15, 0.2) is 0 Å². The van der Waals surface area contributed by atoms with Crippen LogP contribution in [0.5, 0.6) is 0 Å². The molecule has 0 bridgehead atoms. The first kappa shape index (κ1) is 16.3. The van der Waals surface area contributed by atoms with Crippen LogP contribution in [0.4, 0.5) is 0 Å². The van der Waals surface area contributed by atoms with E-state index in [1.165, 1.54) is 4.90 Å². The minimum absolute atomic E-state index is 0.0639. The van der Waals surface area contributed by atoms with Gasteiger partial charge in [-0.1, -0.05) is 6.92 Å². The van der Waals surface area contributed by atoms with Gasteiger partial charge in [0.15, 0.2) is 0 Å². The molecule has 3 aliphatic rings. The maximum Gasteiger partial charge on any atom is 0.323 e. The van der Waals surface area contributed by atoms with Crippen LogP contribution in [0.1, 0.15) is 51.9 Å². The number of carbonyl (C=O) groups excluding carboxylic acids is 2. The molecule has 6 nitrogen and oxygen atoms in total. The topological polar surface area (TPSA) is 77.9 Å². The Balaban J connectivity index is 1.61. The molecule has 0 aromatic heterocycles. The van der Waals surface area contributed by atoms with Crippen molar-refractivity contribution in [3.63, 3.8) is 0 Å². The average Bonchev–Trinajstić information content (AvgIpc) is 3.27. The maximum absolute atomic E-state index is 12.7. The molecular formula is C17H26N2O4. The fourth-order valence-corrected chi connectivity index (χ4v) is 3.96. The molecule has 3 rings (SSSR count). The van der Waals surface area contributed by atoms with Crippen molar-refractivity contribution >= 4 is 17.8 Å². The monoisotopic (exact) mass is 322 g/mol. The summed E-state index contributed by atoms with van der Waals surface area (Å²) in [7, 11) is 0. The van der Waals surface area contributed by atoms with Gasteiger partial charge in [0, 0.05) is 25.0 Å². The molecule has 2 aliphatic carbocycles. The van der Waals surface area contributed by atoms with E-state index in [0.29, 0.717) is 6.54 Å². The number of carboxylic acids is 1. The summed E-state index contributed by atoms with van der Waals surface area (Å²) >= 11 is 0. The number of carboxylic acid groups (broad SMARTS) is 1. The quantitative estimate of drug-likeness (QED) is 0.832. The molecule has 2 saturated carbocycles. The van der Waals surface area contributed by atoms with E-state index in [9.17, 15) is 14.4 Å². The molecule has 1 saturated heterocycles. The minimum atomic E-state index is -0.979. The van der Waals surface area contributed by atoms with Crippen molar-refractivity contribution in [1.29, 1.82) is 0 Å². The van der Waals surface area contributed by atoms with E-state index in [-0.39, 0.29) is 42.8 Å². The van der Waals surface area contributed by atoms with Crippen molar-refractivity contribution < 1.29 is 19.5 Å². The third kappa shape index (κ3) is 3.67. The SMILES string of the molecule is CC1CCC(N2CC(C(=O)N(CC(=O)O)C3CC3)CC2=O)CC1. The number of aliphatic carboxylic acids is 1. The smallest absolute Gasteiger partial charge is 0.323 e. The van der Waals surface area contributed by atoms with Gasteiger partial charge in [0.1, 0.15) is 6.54 Å². The van der Waals surface area contributed by atoms with E-state index in [0.717, 1.165) is 44.4 Å². The number of hydrogen-bond acceptors (Lipinski definition) is 3. The summed E-state index contributed by atoms with van der Waals surface area (Å²) in [5, 5.41) is 9.01. The second-order valence-corrected chi connectivity index (χ2v) is 7.45. The highest BCUT2D eigenvalue weighted by Crippen LogP contribution is 2.34. The molecule has 0 spiro atoms. The fourth-order valence-electron chi connectivity index (χ4n) is 3.96. The van der Waals surface area contributed by atoms with Crippen LogP contribution < -0.4 is 0 Å². The second-order valence-electron chi connectivity index (χ2n) is 7.45. The van der Waals surface area contributed by atoms with E-state index in [4.69, 9.17) is 5.11 Å². The van der Waals surface area contributed by atoms with Crippen LogP contribution in [-0.2, 0) is 14.4 Å². The summed E-state index contributed by atoms with van der Waals surface area (Å²) in [6.07, 6.45) is 6.33. The highest BCUT2D eigenvalue weighted by Gasteiger charge is 2.43. The maximum atomic E-state index is 12.7. The second kappa shape index (κ2) is 6.49. The first-order chi connectivity index (χ1) is 11.0. The zero-order valence-corrected chi connectivity index (χ0v) is 13.7. The summed E-state index contributed by atoms with van der Waals surface area (Å²) in [6, 6.07) is 0.337. The Kier molecular flexibility index (Phi) is 4.60. The Bertz CT molecular complexity index is 495. The van der Waals surface area contributed by atoms with E-state index in [1.807, 2.05) is 4.90 Å². The Hall–Kier alpha value is -1.59. The van der Waals surface area contributed by atoms with Gasteiger partial charge in [-0.2, -0.15) is 0 Å². The molecule has 3 fully saturated rings. The molecule has 2 amide bonds. The number of amides is 2. The summed E-state index contributed by atoms with van der Waals surface area (Å²) in [4.78, 5) is 39.4. The summed E-state index contributed by atoms with van der Waals surface area (Å²) in [5.41, 5.74) is 0. The lowest BCUT2D eigenvalue weighted by Gasteiger charge is -2.34. The van der Waals surface area contributed by atoms with Gasteiger partial charge in [0.2, 0.25) is 11.8 Å².